The molecule has 0 fully saturated rings. The predicted octanol–water partition coefficient (Wildman–Crippen LogP) is 2.11. The predicted molar refractivity (Wildman–Crippen MR) is 145 cm³/mol. The SMILES string of the molecule is CSCC[C@H](NC(=O)c1ccc(COCc2cccc(C(C)C)c2)cc1-c1ccccc1C)C(=O)[O-].[Li+]. The molecule has 1 atom stereocenters. The van der Waals surface area contributed by atoms with Gasteiger partial charge in [0.1, 0.15) is 0 Å². The number of benzene rings is 3. The van der Waals surface area contributed by atoms with Crippen LogP contribution in [-0.4, -0.2) is 29.9 Å². The summed E-state index contributed by atoms with van der Waals surface area (Å²) in [6.45, 7) is 7.21. The topological polar surface area (TPSA) is 78.5 Å². The van der Waals surface area contributed by atoms with Crippen molar-refractivity contribution in [3.8, 4) is 11.1 Å². The molecule has 0 unspecified atom stereocenters. The van der Waals surface area contributed by atoms with E-state index in [2.05, 4.69) is 43.4 Å². The second-order valence-corrected chi connectivity index (χ2v) is 10.2. The van der Waals surface area contributed by atoms with Crippen molar-refractivity contribution in [1.29, 1.82) is 0 Å². The number of carboxylic acids is 1. The molecule has 3 rings (SSSR count). The van der Waals surface area contributed by atoms with E-state index in [0.717, 1.165) is 27.8 Å². The van der Waals surface area contributed by atoms with Gasteiger partial charge in [-0.15, -0.1) is 0 Å². The third-order valence-corrected chi connectivity index (χ3v) is 6.76. The Morgan fingerprint density at radius 2 is 1.65 bits per heavy atom. The van der Waals surface area contributed by atoms with Crippen molar-refractivity contribution in [3.05, 3.63) is 94.5 Å². The largest absolute Gasteiger partial charge is 1.00 e. The molecule has 0 bridgehead atoms. The number of amides is 1. The minimum atomic E-state index is -1.28. The van der Waals surface area contributed by atoms with Gasteiger partial charge in [0.25, 0.3) is 5.91 Å². The molecule has 37 heavy (non-hydrogen) atoms. The van der Waals surface area contributed by atoms with Crippen molar-refractivity contribution < 1.29 is 38.3 Å². The summed E-state index contributed by atoms with van der Waals surface area (Å²) >= 11 is 1.53. The fraction of sp³-hybridized carbons (Fsp3) is 0.333. The molecule has 190 valence electrons. The summed E-state index contributed by atoms with van der Waals surface area (Å²) in [6, 6.07) is 20.8. The standard InChI is InChI=1S/C30H35NO4S.Li/c1-20(2)24-10-7-9-22(16-24)18-35-19-23-12-13-26(27(17-23)25-11-6-5-8-21(25)3)29(32)31-28(30(33)34)14-15-36-4;/h5-13,16-17,20,28H,14-15,18-19H2,1-4H3,(H,31,32)(H,33,34);/q;+1/p-1/t28-;/m0./s1. The number of aliphatic carboxylic acids is 1. The van der Waals surface area contributed by atoms with Crippen LogP contribution in [0, 0.1) is 6.92 Å². The first-order chi connectivity index (χ1) is 17.3. The Kier molecular flexibility index (Phi) is 12.5. The van der Waals surface area contributed by atoms with Gasteiger partial charge in [-0.05, 0) is 76.8 Å². The molecular formula is C30H34LiNO4S. The zero-order valence-corrected chi connectivity index (χ0v) is 23.2. The van der Waals surface area contributed by atoms with Crippen molar-refractivity contribution in [2.45, 2.75) is 52.4 Å². The molecule has 0 saturated carbocycles. The van der Waals surface area contributed by atoms with E-state index in [4.69, 9.17) is 4.74 Å². The normalized spacial score (nSPS) is 11.6. The van der Waals surface area contributed by atoms with E-state index in [9.17, 15) is 14.7 Å². The van der Waals surface area contributed by atoms with Crippen LogP contribution in [0.3, 0.4) is 0 Å². The van der Waals surface area contributed by atoms with Gasteiger partial charge in [0.15, 0.2) is 0 Å². The smallest absolute Gasteiger partial charge is 0.548 e. The number of nitrogens with one attached hydrogen (secondary N) is 1. The van der Waals surface area contributed by atoms with E-state index in [-0.39, 0.29) is 18.9 Å². The Bertz CT molecular complexity index is 1200. The summed E-state index contributed by atoms with van der Waals surface area (Å²) in [5.74, 6) is -0.639. The van der Waals surface area contributed by atoms with Gasteiger partial charge in [-0.25, -0.2) is 0 Å². The quantitative estimate of drug-likeness (QED) is 0.377. The Balaban J connectivity index is 0.00000481. The van der Waals surface area contributed by atoms with Gasteiger partial charge >= 0.3 is 18.9 Å². The fourth-order valence-corrected chi connectivity index (χ4v) is 4.50. The number of aryl methyl sites for hydroxylation is 1. The van der Waals surface area contributed by atoms with Gasteiger partial charge in [0, 0.05) is 5.56 Å². The van der Waals surface area contributed by atoms with Crippen LogP contribution in [0.2, 0.25) is 0 Å². The van der Waals surface area contributed by atoms with E-state index in [1.165, 1.54) is 17.3 Å². The van der Waals surface area contributed by atoms with Crippen LogP contribution >= 0.6 is 11.8 Å². The van der Waals surface area contributed by atoms with Crippen molar-refractivity contribution in [2.75, 3.05) is 12.0 Å². The molecule has 0 aromatic heterocycles. The number of carbonyl (C=O) groups excluding carboxylic acids is 2. The third kappa shape index (κ3) is 8.79. The van der Waals surface area contributed by atoms with Crippen LogP contribution in [0.15, 0.2) is 66.7 Å². The number of carbonyl (C=O) groups is 2. The maximum atomic E-state index is 13.2. The monoisotopic (exact) mass is 511 g/mol. The van der Waals surface area contributed by atoms with Crippen LogP contribution in [0.4, 0.5) is 0 Å². The van der Waals surface area contributed by atoms with Crippen molar-refractivity contribution in [1.82, 2.24) is 5.32 Å². The number of thioether (sulfide) groups is 1. The van der Waals surface area contributed by atoms with Crippen LogP contribution in [0.25, 0.3) is 11.1 Å². The molecule has 0 radical (unpaired) electrons. The van der Waals surface area contributed by atoms with Crippen molar-refractivity contribution in [2.24, 2.45) is 0 Å². The molecular weight excluding hydrogens is 477 g/mol. The molecule has 7 heteroatoms. The van der Waals surface area contributed by atoms with Gasteiger partial charge in [-0.3, -0.25) is 4.79 Å². The summed E-state index contributed by atoms with van der Waals surface area (Å²) < 4.78 is 6.01. The molecule has 0 heterocycles. The minimum absolute atomic E-state index is 0. The number of hydrogen-bond acceptors (Lipinski definition) is 5. The third-order valence-electron chi connectivity index (χ3n) is 6.12. The average molecular weight is 512 g/mol. The maximum absolute atomic E-state index is 13.2. The Morgan fingerprint density at radius 1 is 0.946 bits per heavy atom. The molecule has 0 saturated heterocycles. The molecule has 0 aliphatic heterocycles. The van der Waals surface area contributed by atoms with Gasteiger partial charge in [-0.2, -0.15) is 11.8 Å². The van der Waals surface area contributed by atoms with E-state index >= 15 is 0 Å². The van der Waals surface area contributed by atoms with Crippen LogP contribution in [0.5, 0.6) is 0 Å². The summed E-state index contributed by atoms with van der Waals surface area (Å²) in [6.07, 6.45) is 2.20. The van der Waals surface area contributed by atoms with Crippen LogP contribution in [0.1, 0.15) is 58.8 Å². The second kappa shape index (κ2) is 15.0. The molecule has 1 N–H and O–H groups in total. The molecule has 3 aromatic rings. The summed E-state index contributed by atoms with van der Waals surface area (Å²) in [7, 11) is 0. The molecule has 3 aromatic carbocycles. The number of carboxylic acid groups (broad SMARTS) is 1. The summed E-state index contributed by atoms with van der Waals surface area (Å²) in [5.41, 5.74) is 6.44. The van der Waals surface area contributed by atoms with Gasteiger partial charge in [-0.1, -0.05) is 68.4 Å². The Morgan fingerprint density at radius 3 is 2.30 bits per heavy atom. The Labute approximate surface area is 236 Å². The van der Waals surface area contributed by atoms with Crippen LogP contribution < -0.4 is 29.3 Å². The molecule has 0 spiro atoms. The van der Waals surface area contributed by atoms with Gasteiger partial charge < -0.3 is 20.0 Å². The number of rotatable bonds is 12. The van der Waals surface area contributed by atoms with Gasteiger partial charge in [0.2, 0.25) is 0 Å². The maximum Gasteiger partial charge on any atom is 1.00 e. The molecule has 0 aliphatic rings. The first-order valence-corrected chi connectivity index (χ1v) is 13.6. The van der Waals surface area contributed by atoms with E-state index < -0.39 is 17.9 Å². The van der Waals surface area contributed by atoms with E-state index in [1.54, 1.807) is 6.07 Å². The second-order valence-electron chi connectivity index (χ2n) is 9.21. The first-order valence-electron chi connectivity index (χ1n) is 12.2. The average Bonchev–Trinajstić information content (AvgIpc) is 2.86. The van der Waals surface area contributed by atoms with Gasteiger partial charge in [0.05, 0.1) is 25.2 Å². The molecule has 5 nitrogen and oxygen atoms in total. The zero-order valence-electron chi connectivity index (χ0n) is 22.4. The number of ether oxygens (including phenoxy) is 1. The summed E-state index contributed by atoms with van der Waals surface area (Å²) in [5, 5.41) is 14.2. The number of hydrogen-bond donors (Lipinski definition) is 1. The van der Waals surface area contributed by atoms with E-state index in [1.807, 2.05) is 49.6 Å². The van der Waals surface area contributed by atoms with Crippen LogP contribution in [-0.2, 0) is 22.7 Å². The van der Waals surface area contributed by atoms with E-state index in [0.29, 0.717) is 36.9 Å². The fourth-order valence-electron chi connectivity index (χ4n) is 4.03. The minimum Gasteiger partial charge on any atom is -0.548 e. The molecule has 0 aliphatic carbocycles. The van der Waals surface area contributed by atoms with Crippen molar-refractivity contribution in [3.63, 3.8) is 0 Å². The molecule has 1 amide bonds. The first kappa shape index (κ1) is 30.7. The summed E-state index contributed by atoms with van der Waals surface area (Å²) in [4.78, 5) is 24.8. The zero-order chi connectivity index (χ0) is 26.1. The Hall–Kier alpha value is -2.49. The van der Waals surface area contributed by atoms with Crippen molar-refractivity contribution >= 4 is 23.6 Å².